The second kappa shape index (κ2) is 8.05. The summed E-state index contributed by atoms with van der Waals surface area (Å²) in [6.07, 6.45) is 1.62. The van der Waals surface area contributed by atoms with Crippen LogP contribution >= 0.6 is 23.1 Å². The van der Waals surface area contributed by atoms with E-state index in [2.05, 4.69) is 36.1 Å². The number of anilines is 2. The minimum absolute atomic E-state index is 0.146. The third-order valence-electron chi connectivity index (χ3n) is 3.04. The van der Waals surface area contributed by atoms with Gasteiger partial charge in [-0.05, 0) is 17.2 Å². The number of nitrogens with one attached hydrogen (secondary N) is 2. The predicted octanol–water partition coefficient (Wildman–Crippen LogP) is 1.49. The van der Waals surface area contributed by atoms with Crippen molar-refractivity contribution in [3.05, 3.63) is 11.6 Å². The van der Waals surface area contributed by atoms with Gasteiger partial charge in [0.2, 0.25) is 17.6 Å². The van der Waals surface area contributed by atoms with Crippen molar-refractivity contribution >= 4 is 45.9 Å². The summed E-state index contributed by atoms with van der Waals surface area (Å²) in [5, 5.41) is 23.7. The van der Waals surface area contributed by atoms with E-state index in [1.54, 1.807) is 16.1 Å². The molecule has 0 spiro atoms. The number of amides is 2. The Kier molecular flexibility index (Phi) is 5.58. The summed E-state index contributed by atoms with van der Waals surface area (Å²) in [5.41, 5.74) is 0.272. The Hall–Kier alpha value is -2.80. The lowest BCUT2D eigenvalue weighted by atomic mass is 10.4. The minimum Gasteiger partial charge on any atom is -0.306 e. The van der Waals surface area contributed by atoms with E-state index in [-0.39, 0.29) is 29.1 Å². The average molecular weight is 394 g/mol. The van der Waals surface area contributed by atoms with Gasteiger partial charge in [0.15, 0.2) is 21.8 Å². The molecule has 0 unspecified atom stereocenters. The van der Waals surface area contributed by atoms with Crippen molar-refractivity contribution < 1.29 is 14.2 Å². The Labute approximate surface area is 155 Å². The van der Waals surface area contributed by atoms with E-state index < -0.39 is 0 Å². The van der Waals surface area contributed by atoms with Gasteiger partial charge in [0.05, 0.1) is 5.75 Å². The van der Waals surface area contributed by atoms with E-state index in [1.165, 1.54) is 30.0 Å². The Morgan fingerprint density at radius 3 is 2.85 bits per heavy atom. The van der Waals surface area contributed by atoms with Gasteiger partial charge < -0.3 is 15.2 Å². The SMILES string of the molecule is CCn1c(SCC(=O)Nc2nccs2)nnc1-c1nonc1NC(C)=O. The van der Waals surface area contributed by atoms with Crippen LogP contribution in [-0.2, 0) is 16.1 Å². The van der Waals surface area contributed by atoms with E-state index in [4.69, 9.17) is 4.63 Å². The molecule has 3 heterocycles. The molecule has 3 rings (SSSR count). The topological polar surface area (TPSA) is 141 Å². The second-order valence-electron chi connectivity index (χ2n) is 4.87. The molecule has 3 aromatic heterocycles. The molecule has 0 aromatic carbocycles. The van der Waals surface area contributed by atoms with Gasteiger partial charge in [0.1, 0.15) is 0 Å². The fraction of sp³-hybridized carbons (Fsp3) is 0.308. The van der Waals surface area contributed by atoms with Gasteiger partial charge in [-0.15, -0.1) is 21.5 Å². The number of hydrogen-bond donors (Lipinski definition) is 2. The van der Waals surface area contributed by atoms with Crippen molar-refractivity contribution in [2.75, 3.05) is 16.4 Å². The zero-order valence-corrected chi connectivity index (χ0v) is 15.4. The quantitative estimate of drug-likeness (QED) is 0.570. The van der Waals surface area contributed by atoms with Crippen LogP contribution in [0, 0.1) is 0 Å². The zero-order valence-electron chi connectivity index (χ0n) is 13.8. The first-order valence-electron chi connectivity index (χ1n) is 7.44. The van der Waals surface area contributed by atoms with E-state index in [0.29, 0.717) is 22.7 Å². The molecular weight excluding hydrogens is 380 g/mol. The summed E-state index contributed by atoms with van der Waals surface area (Å²) in [7, 11) is 0. The van der Waals surface area contributed by atoms with Crippen LogP contribution in [0.25, 0.3) is 11.5 Å². The van der Waals surface area contributed by atoms with Crippen LogP contribution in [0.5, 0.6) is 0 Å². The van der Waals surface area contributed by atoms with E-state index in [9.17, 15) is 9.59 Å². The molecule has 2 amide bonds. The first-order valence-corrected chi connectivity index (χ1v) is 9.30. The number of carbonyl (C=O) groups is 2. The van der Waals surface area contributed by atoms with Crippen LogP contribution in [-0.4, -0.2) is 47.6 Å². The van der Waals surface area contributed by atoms with Gasteiger partial charge in [-0.3, -0.25) is 9.59 Å². The van der Waals surface area contributed by atoms with Crippen LogP contribution < -0.4 is 10.6 Å². The van der Waals surface area contributed by atoms with Crippen LogP contribution in [0.1, 0.15) is 13.8 Å². The molecular formula is C13H14N8O3S2. The van der Waals surface area contributed by atoms with Crippen LogP contribution in [0.3, 0.4) is 0 Å². The second-order valence-corrected chi connectivity index (χ2v) is 6.70. The lowest BCUT2D eigenvalue weighted by Gasteiger charge is -2.06. The smallest absolute Gasteiger partial charge is 0.236 e. The summed E-state index contributed by atoms with van der Waals surface area (Å²) in [5.74, 6) is 0.197. The number of thioether (sulfide) groups is 1. The molecule has 0 saturated carbocycles. The van der Waals surface area contributed by atoms with Crippen molar-refractivity contribution in [3.63, 3.8) is 0 Å². The maximum absolute atomic E-state index is 12.0. The highest BCUT2D eigenvalue weighted by Gasteiger charge is 2.22. The van der Waals surface area contributed by atoms with Crippen molar-refractivity contribution in [1.29, 1.82) is 0 Å². The maximum Gasteiger partial charge on any atom is 0.236 e. The molecule has 0 aliphatic rings. The summed E-state index contributed by atoms with van der Waals surface area (Å²) in [6.45, 7) is 3.79. The number of thiazole rings is 1. The molecule has 0 radical (unpaired) electrons. The number of aromatic nitrogens is 6. The fourth-order valence-corrected chi connectivity index (χ4v) is 3.36. The van der Waals surface area contributed by atoms with Crippen molar-refractivity contribution in [1.82, 2.24) is 30.1 Å². The molecule has 11 nitrogen and oxygen atoms in total. The highest BCUT2D eigenvalue weighted by Crippen LogP contribution is 2.27. The molecule has 0 saturated heterocycles. The highest BCUT2D eigenvalue weighted by atomic mass is 32.2. The number of nitrogens with zero attached hydrogens (tertiary/aromatic N) is 6. The summed E-state index contributed by atoms with van der Waals surface area (Å²) < 4.78 is 6.45. The third kappa shape index (κ3) is 4.05. The number of carbonyl (C=O) groups excluding carboxylic acids is 2. The molecule has 0 bridgehead atoms. The van der Waals surface area contributed by atoms with Crippen molar-refractivity contribution in [2.45, 2.75) is 25.5 Å². The Morgan fingerprint density at radius 2 is 2.15 bits per heavy atom. The predicted molar refractivity (Wildman–Crippen MR) is 94.8 cm³/mol. The largest absolute Gasteiger partial charge is 0.306 e. The number of hydrogen-bond acceptors (Lipinski definition) is 10. The summed E-state index contributed by atoms with van der Waals surface area (Å²) in [4.78, 5) is 27.2. The maximum atomic E-state index is 12.0. The monoisotopic (exact) mass is 394 g/mol. The van der Waals surface area contributed by atoms with Crippen LogP contribution in [0.4, 0.5) is 10.9 Å². The number of rotatable bonds is 7. The molecule has 13 heteroatoms. The van der Waals surface area contributed by atoms with Gasteiger partial charge >= 0.3 is 0 Å². The molecule has 136 valence electrons. The average Bonchev–Trinajstić information content (AvgIpc) is 3.32. The van der Waals surface area contributed by atoms with Crippen LogP contribution in [0.2, 0.25) is 0 Å². The lowest BCUT2D eigenvalue weighted by molar-refractivity contribution is -0.114. The zero-order chi connectivity index (χ0) is 18.5. The standard InChI is InChI=1S/C13H14N8O3S2/c1-3-21-11(9-10(15-7(2)22)20-24-19-9)17-18-13(21)26-6-8(23)16-12-14-4-5-25-12/h4-5H,3,6H2,1-2H3,(H,14,16,23)(H,15,20,22). The molecule has 3 aromatic rings. The van der Waals surface area contributed by atoms with E-state index in [0.717, 1.165) is 0 Å². The Morgan fingerprint density at radius 1 is 1.31 bits per heavy atom. The molecule has 26 heavy (non-hydrogen) atoms. The normalized spacial score (nSPS) is 10.7. The molecule has 0 fully saturated rings. The molecule has 2 N–H and O–H groups in total. The van der Waals surface area contributed by atoms with E-state index >= 15 is 0 Å². The van der Waals surface area contributed by atoms with Gasteiger partial charge in [0, 0.05) is 25.0 Å². The molecule has 0 aliphatic carbocycles. The first kappa shape index (κ1) is 18.0. The lowest BCUT2D eigenvalue weighted by Crippen LogP contribution is -2.14. The van der Waals surface area contributed by atoms with Crippen LogP contribution in [0.15, 0.2) is 21.4 Å². The fourth-order valence-electron chi connectivity index (χ4n) is 2.01. The van der Waals surface area contributed by atoms with Gasteiger partial charge in [0.25, 0.3) is 0 Å². The first-order chi connectivity index (χ1) is 12.6. The molecule has 0 aliphatic heterocycles. The van der Waals surface area contributed by atoms with Gasteiger partial charge in [-0.1, -0.05) is 11.8 Å². The summed E-state index contributed by atoms with van der Waals surface area (Å²) in [6, 6.07) is 0. The molecule has 0 atom stereocenters. The Bertz CT molecular complexity index is 905. The minimum atomic E-state index is -0.307. The third-order valence-corrected chi connectivity index (χ3v) is 4.69. The van der Waals surface area contributed by atoms with Gasteiger partial charge in [-0.2, -0.15) is 0 Å². The van der Waals surface area contributed by atoms with Crippen molar-refractivity contribution in [3.8, 4) is 11.5 Å². The van der Waals surface area contributed by atoms with E-state index in [1.807, 2.05) is 6.92 Å². The van der Waals surface area contributed by atoms with Gasteiger partial charge in [-0.25, -0.2) is 9.61 Å². The Balaban J connectivity index is 1.73. The highest BCUT2D eigenvalue weighted by molar-refractivity contribution is 7.99. The summed E-state index contributed by atoms with van der Waals surface area (Å²) >= 11 is 2.57. The van der Waals surface area contributed by atoms with Crippen molar-refractivity contribution in [2.24, 2.45) is 0 Å².